The normalized spacial score (nSPS) is 14.5. The summed E-state index contributed by atoms with van der Waals surface area (Å²) in [6.45, 7) is 5.72. The van der Waals surface area contributed by atoms with Crippen molar-refractivity contribution in [1.29, 1.82) is 5.26 Å². The fourth-order valence-electron chi connectivity index (χ4n) is 3.26. The minimum Gasteiger partial charge on any atom is -0.496 e. The maximum Gasteiger partial charge on any atom is 0.387 e. The lowest BCUT2D eigenvalue weighted by molar-refractivity contribution is -0.0503. The second-order valence-corrected chi connectivity index (χ2v) is 8.71. The van der Waals surface area contributed by atoms with Crippen LogP contribution in [0.5, 0.6) is 11.5 Å². The molecule has 1 rings (SSSR count). The van der Waals surface area contributed by atoms with E-state index in [9.17, 15) is 23.9 Å². The Kier molecular flexibility index (Phi) is 12.1. The van der Waals surface area contributed by atoms with Crippen LogP contribution in [0.25, 0.3) is 0 Å². The van der Waals surface area contributed by atoms with Gasteiger partial charge in [0.05, 0.1) is 24.6 Å². The molecule has 2 atom stereocenters. The number of methoxy groups -OCH3 is 1. The molecule has 0 aliphatic rings. The summed E-state index contributed by atoms with van der Waals surface area (Å²) >= 11 is 0. The third kappa shape index (κ3) is 8.64. The fraction of sp³-hybridized carbons (Fsp3) is 0.500. The maximum absolute atomic E-state index is 13.2. The molecule has 0 saturated heterocycles. The first-order valence-corrected chi connectivity index (χ1v) is 11.6. The van der Waals surface area contributed by atoms with Gasteiger partial charge < -0.3 is 25.6 Å². The number of allylic oxidation sites excluding steroid dienone is 3. The van der Waals surface area contributed by atoms with Gasteiger partial charge in [-0.05, 0) is 69.4 Å². The number of nitriles is 1. The summed E-state index contributed by atoms with van der Waals surface area (Å²) in [5.41, 5.74) is 6.20. The number of hydrogen-bond donors (Lipinski definition) is 3. The summed E-state index contributed by atoms with van der Waals surface area (Å²) in [7, 11) is 1.31. The first-order chi connectivity index (χ1) is 16.9. The van der Waals surface area contributed by atoms with Crippen molar-refractivity contribution in [2.45, 2.75) is 53.7 Å². The van der Waals surface area contributed by atoms with Gasteiger partial charge in [0.15, 0.2) is 0 Å². The van der Waals surface area contributed by atoms with E-state index in [2.05, 4.69) is 21.1 Å². The number of nitrogens with two attached hydrogens (primary N) is 1. The van der Waals surface area contributed by atoms with E-state index in [0.717, 1.165) is 0 Å². The third-order valence-electron chi connectivity index (χ3n) is 5.61. The highest BCUT2D eigenvalue weighted by Crippen LogP contribution is 2.35. The Labute approximate surface area is 211 Å². The van der Waals surface area contributed by atoms with Crippen LogP contribution >= 0.6 is 0 Å². The summed E-state index contributed by atoms with van der Waals surface area (Å²) < 4.78 is 36.4. The summed E-state index contributed by atoms with van der Waals surface area (Å²) in [6, 6.07) is 4.39. The SMILES string of the molecule is C/C=C\C(=C/C(N)=N[C@H](C)c1cc(OC)c(C(=O)NCC(CC)CO)c(OC(F)F)c1)C(C)(C)C#N. The predicted molar refractivity (Wildman–Crippen MR) is 135 cm³/mol. The molecule has 1 aromatic rings. The maximum atomic E-state index is 13.2. The summed E-state index contributed by atoms with van der Waals surface area (Å²) in [5.74, 6) is -1.07. The second kappa shape index (κ2) is 14.2. The zero-order chi connectivity index (χ0) is 27.5. The van der Waals surface area contributed by atoms with E-state index in [1.165, 1.54) is 19.2 Å². The molecule has 0 aromatic heterocycles. The molecule has 36 heavy (non-hydrogen) atoms. The van der Waals surface area contributed by atoms with E-state index in [-0.39, 0.29) is 42.0 Å². The van der Waals surface area contributed by atoms with E-state index in [1.54, 1.807) is 39.0 Å². The van der Waals surface area contributed by atoms with Crippen LogP contribution in [-0.4, -0.2) is 43.7 Å². The molecule has 8 nitrogen and oxygen atoms in total. The number of amidine groups is 1. The number of aliphatic hydroxyl groups excluding tert-OH is 1. The number of nitrogens with zero attached hydrogens (tertiary/aromatic N) is 2. The van der Waals surface area contributed by atoms with Crippen molar-refractivity contribution in [2.75, 3.05) is 20.3 Å². The van der Waals surface area contributed by atoms with E-state index >= 15 is 0 Å². The van der Waals surface area contributed by atoms with Crippen molar-refractivity contribution in [3.63, 3.8) is 0 Å². The molecule has 198 valence electrons. The lowest BCUT2D eigenvalue weighted by atomic mass is 9.85. The Morgan fingerprint density at radius 1 is 1.36 bits per heavy atom. The number of aliphatic imine (C=N–C) groups is 1. The number of halogens is 2. The van der Waals surface area contributed by atoms with Gasteiger partial charge in [-0.3, -0.25) is 9.79 Å². The van der Waals surface area contributed by atoms with Crippen molar-refractivity contribution < 1.29 is 28.2 Å². The lowest BCUT2D eigenvalue weighted by Gasteiger charge is -2.19. The highest BCUT2D eigenvalue weighted by atomic mass is 19.3. The number of ether oxygens (including phenoxy) is 2. The van der Waals surface area contributed by atoms with Crippen LogP contribution in [0.15, 0.2) is 40.9 Å². The zero-order valence-corrected chi connectivity index (χ0v) is 21.6. The van der Waals surface area contributed by atoms with Gasteiger partial charge in [-0.1, -0.05) is 19.1 Å². The Hall–Kier alpha value is -3.45. The molecule has 0 saturated carbocycles. The van der Waals surface area contributed by atoms with E-state index < -0.39 is 24.0 Å². The topological polar surface area (TPSA) is 130 Å². The molecule has 0 aliphatic carbocycles. The molecule has 0 aliphatic heterocycles. The number of rotatable bonds is 13. The average molecular weight is 507 g/mol. The van der Waals surface area contributed by atoms with Crippen molar-refractivity contribution in [3.8, 4) is 17.6 Å². The number of alkyl halides is 2. The minimum atomic E-state index is -3.18. The van der Waals surface area contributed by atoms with E-state index in [0.29, 0.717) is 17.6 Å². The molecule has 10 heteroatoms. The number of benzene rings is 1. The Morgan fingerprint density at radius 3 is 2.50 bits per heavy atom. The van der Waals surface area contributed by atoms with Crippen LogP contribution in [0.4, 0.5) is 8.78 Å². The molecule has 1 unspecified atom stereocenters. The van der Waals surface area contributed by atoms with Gasteiger partial charge in [0.25, 0.3) is 5.91 Å². The summed E-state index contributed by atoms with van der Waals surface area (Å²) in [6.07, 6.45) is 5.76. The molecule has 0 heterocycles. The largest absolute Gasteiger partial charge is 0.496 e. The number of amides is 1. The molecule has 0 fully saturated rings. The molecule has 0 spiro atoms. The highest BCUT2D eigenvalue weighted by Gasteiger charge is 2.25. The molecule has 1 amide bonds. The fourth-order valence-corrected chi connectivity index (χ4v) is 3.26. The van der Waals surface area contributed by atoms with Gasteiger partial charge in [0.2, 0.25) is 0 Å². The Bertz CT molecular complexity index is 1030. The van der Waals surface area contributed by atoms with Gasteiger partial charge in [0.1, 0.15) is 22.9 Å². The molecular weight excluding hydrogens is 470 g/mol. The summed E-state index contributed by atoms with van der Waals surface area (Å²) in [4.78, 5) is 17.3. The van der Waals surface area contributed by atoms with E-state index in [1.807, 2.05) is 13.8 Å². The quantitative estimate of drug-likeness (QED) is 0.205. The average Bonchev–Trinajstić information content (AvgIpc) is 2.83. The van der Waals surface area contributed by atoms with Gasteiger partial charge in [0, 0.05) is 13.2 Å². The first-order valence-electron chi connectivity index (χ1n) is 11.6. The third-order valence-corrected chi connectivity index (χ3v) is 5.61. The van der Waals surface area contributed by atoms with Gasteiger partial charge in [-0.25, -0.2) is 0 Å². The van der Waals surface area contributed by atoms with Gasteiger partial charge in [-0.15, -0.1) is 0 Å². The van der Waals surface area contributed by atoms with Crippen LogP contribution < -0.4 is 20.5 Å². The van der Waals surface area contributed by atoms with E-state index in [4.69, 9.17) is 10.5 Å². The molecular formula is C26H36F2N4O4. The van der Waals surface area contributed by atoms with Crippen molar-refractivity contribution >= 4 is 11.7 Å². The van der Waals surface area contributed by atoms with Crippen molar-refractivity contribution in [1.82, 2.24) is 5.32 Å². The van der Waals surface area contributed by atoms with Crippen LogP contribution in [-0.2, 0) is 0 Å². The molecule has 0 bridgehead atoms. The lowest BCUT2D eigenvalue weighted by Crippen LogP contribution is -2.31. The monoisotopic (exact) mass is 506 g/mol. The number of carbonyl (C=O) groups excluding carboxylic acids is 1. The van der Waals surface area contributed by atoms with Crippen LogP contribution in [0, 0.1) is 22.7 Å². The van der Waals surface area contributed by atoms with Gasteiger partial charge >= 0.3 is 6.61 Å². The minimum absolute atomic E-state index is 0.0223. The standard InChI is InChI=1S/C26H36F2N4O4/c1-7-9-19(26(4,5)15-29)12-22(30)32-16(3)18-10-20(35-6)23(21(11-18)36-25(27)28)24(34)31-13-17(8-2)14-33/h7,9-12,16-17,25,33H,8,13-14H2,1-6H3,(H2,30,32)(H,31,34)/b9-7-,19-12+/t16-,17?/m1/s1. The number of aliphatic hydroxyl groups is 1. The molecule has 4 N–H and O–H groups in total. The Balaban J connectivity index is 3.46. The summed E-state index contributed by atoms with van der Waals surface area (Å²) in [5, 5.41) is 21.4. The first kappa shape index (κ1) is 30.6. The van der Waals surface area contributed by atoms with Gasteiger partial charge in [-0.2, -0.15) is 14.0 Å². The second-order valence-electron chi connectivity index (χ2n) is 8.71. The number of nitrogens with one attached hydrogen (secondary N) is 1. The van der Waals surface area contributed by atoms with Crippen LogP contribution in [0.1, 0.15) is 63.0 Å². The zero-order valence-electron chi connectivity index (χ0n) is 21.6. The molecule has 1 aromatic carbocycles. The predicted octanol–water partition coefficient (Wildman–Crippen LogP) is 4.52. The number of hydrogen-bond acceptors (Lipinski definition) is 6. The van der Waals surface area contributed by atoms with Crippen LogP contribution in [0.3, 0.4) is 0 Å². The van der Waals surface area contributed by atoms with Crippen LogP contribution in [0.2, 0.25) is 0 Å². The molecule has 0 radical (unpaired) electrons. The Morgan fingerprint density at radius 2 is 2.00 bits per heavy atom. The number of carbonyl (C=O) groups is 1. The van der Waals surface area contributed by atoms with Crippen molar-refractivity contribution in [3.05, 3.63) is 47.1 Å². The van der Waals surface area contributed by atoms with Crippen molar-refractivity contribution in [2.24, 2.45) is 22.1 Å². The highest BCUT2D eigenvalue weighted by molar-refractivity contribution is 6.00. The smallest absolute Gasteiger partial charge is 0.387 e.